The van der Waals surface area contributed by atoms with Gasteiger partial charge in [-0.15, -0.1) is 0 Å². The molecule has 0 heterocycles. The van der Waals surface area contributed by atoms with Crippen LogP contribution in [-0.4, -0.2) is 14.3 Å². The summed E-state index contributed by atoms with van der Waals surface area (Å²) in [5.74, 6) is -0.307. The fraction of sp³-hybridized carbons (Fsp3) is 0.240. The van der Waals surface area contributed by atoms with Gasteiger partial charge >= 0.3 is 0 Å². The number of benzene rings is 3. The van der Waals surface area contributed by atoms with Gasteiger partial charge in [0.25, 0.3) is 15.9 Å². The quantitative estimate of drug-likeness (QED) is 0.528. The minimum Gasteiger partial charge on any atom is -0.345 e. The zero-order chi connectivity index (χ0) is 22.6. The molecule has 0 aromatic heterocycles. The SMILES string of the molecule is CC[C@@H](NC(=O)c1ccc(C)c(S(=O)(=O)Nc2ccc(C)c(C)c2)c1)c1ccccc1. The Kier molecular flexibility index (Phi) is 6.81. The van der Waals surface area contributed by atoms with E-state index >= 15 is 0 Å². The van der Waals surface area contributed by atoms with Crippen LogP contribution in [0.25, 0.3) is 0 Å². The lowest BCUT2D eigenvalue weighted by molar-refractivity contribution is 0.0935. The molecule has 0 unspecified atom stereocenters. The number of nitrogens with one attached hydrogen (secondary N) is 2. The average molecular weight is 437 g/mol. The van der Waals surface area contributed by atoms with E-state index in [4.69, 9.17) is 0 Å². The first-order valence-corrected chi connectivity index (χ1v) is 11.8. The van der Waals surface area contributed by atoms with Crippen LogP contribution >= 0.6 is 0 Å². The third-order valence-corrected chi connectivity index (χ3v) is 6.94. The highest BCUT2D eigenvalue weighted by Crippen LogP contribution is 2.23. The van der Waals surface area contributed by atoms with Gasteiger partial charge in [0.05, 0.1) is 10.9 Å². The number of amides is 1. The molecule has 1 atom stereocenters. The molecule has 0 aliphatic rings. The van der Waals surface area contributed by atoms with Gasteiger partial charge < -0.3 is 5.32 Å². The van der Waals surface area contributed by atoms with E-state index in [9.17, 15) is 13.2 Å². The van der Waals surface area contributed by atoms with Gasteiger partial charge in [0.2, 0.25) is 0 Å². The number of sulfonamides is 1. The summed E-state index contributed by atoms with van der Waals surface area (Å²) >= 11 is 0. The largest absolute Gasteiger partial charge is 0.345 e. The Morgan fingerprint density at radius 2 is 1.55 bits per heavy atom. The highest BCUT2D eigenvalue weighted by atomic mass is 32.2. The highest BCUT2D eigenvalue weighted by Gasteiger charge is 2.21. The fourth-order valence-corrected chi connectivity index (χ4v) is 4.72. The lowest BCUT2D eigenvalue weighted by atomic mass is 10.0. The van der Waals surface area contributed by atoms with Gasteiger partial charge in [-0.1, -0.05) is 49.4 Å². The number of aryl methyl sites for hydroxylation is 3. The van der Waals surface area contributed by atoms with Crippen LogP contribution < -0.4 is 10.0 Å². The Morgan fingerprint density at radius 3 is 2.19 bits per heavy atom. The van der Waals surface area contributed by atoms with Crippen molar-refractivity contribution in [2.24, 2.45) is 0 Å². The van der Waals surface area contributed by atoms with Crippen LogP contribution in [0.15, 0.2) is 71.6 Å². The maximum absolute atomic E-state index is 13.1. The van der Waals surface area contributed by atoms with Crippen molar-refractivity contribution in [2.45, 2.75) is 45.1 Å². The molecule has 2 N–H and O–H groups in total. The van der Waals surface area contributed by atoms with E-state index in [1.54, 1.807) is 31.2 Å². The lowest BCUT2D eigenvalue weighted by Crippen LogP contribution is -2.28. The molecule has 0 aliphatic heterocycles. The second-order valence-electron chi connectivity index (χ2n) is 7.73. The van der Waals surface area contributed by atoms with Gasteiger partial charge in [0.15, 0.2) is 0 Å². The van der Waals surface area contributed by atoms with E-state index < -0.39 is 10.0 Å². The molecule has 162 valence electrons. The van der Waals surface area contributed by atoms with Crippen molar-refractivity contribution >= 4 is 21.6 Å². The van der Waals surface area contributed by atoms with Crippen molar-refractivity contribution in [3.63, 3.8) is 0 Å². The summed E-state index contributed by atoms with van der Waals surface area (Å²) in [7, 11) is -3.85. The molecular formula is C25H28N2O3S. The smallest absolute Gasteiger partial charge is 0.262 e. The summed E-state index contributed by atoms with van der Waals surface area (Å²) in [6, 6.07) is 19.7. The number of anilines is 1. The van der Waals surface area contributed by atoms with Gasteiger partial charge in [-0.25, -0.2) is 8.42 Å². The van der Waals surface area contributed by atoms with E-state index in [0.29, 0.717) is 16.8 Å². The van der Waals surface area contributed by atoms with E-state index in [1.807, 2.05) is 57.2 Å². The molecule has 1 amide bonds. The standard InChI is InChI=1S/C25H28N2O3S/c1-5-23(20-9-7-6-8-10-20)26-25(28)21-13-11-18(3)24(16-21)31(29,30)27-22-14-12-17(2)19(4)15-22/h6-16,23,27H,5H2,1-4H3,(H,26,28)/t23-/m1/s1. The number of carbonyl (C=O) groups excluding carboxylic acids is 1. The Balaban J connectivity index is 1.86. The van der Waals surface area contributed by atoms with E-state index in [0.717, 1.165) is 23.1 Å². The second-order valence-corrected chi connectivity index (χ2v) is 9.38. The van der Waals surface area contributed by atoms with Gasteiger partial charge in [0.1, 0.15) is 0 Å². The summed E-state index contributed by atoms with van der Waals surface area (Å²) in [5, 5.41) is 3.01. The Hall–Kier alpha value is -3.12. The maximum atomic E-state index is 13.1. The first-order chi connectivity index (χ1) is 14.7. The summed E-state index contributed by atoms with van der Waals surface area (Å²) in [4.78, 5) is 13.0. The Morgan fingerprint density at radius 1 is 0.871 bits per heavy atom. The minimum absolute atomic E-state index is 0.0890. The Labute approximate surface area is 184 Å². The van der Waals surface area contributed by atoms with Crippen LogP contribution in [0.2, 0.25) is 0 Å². The molecule has 0 aliphatic carbocycles. The second kappa shape index (κ2) is 9.35. The first-order valence-electron chi connectivity index (χ1n) is 10.3. The van der Waals surface area contributed by atoms with Crippen molar-refractivity contribution in [3.05, 3.63) is 94.5 Å². The third-order valence-electron chi connectivity index (χ3n) is 5.41. The molecule has 0 bridgehead atoms. The predicted octanol–water partition coefficient (Wildman–Crippen LogP) is 5.29. The van der Waals surface area contributed by atoms with Gasteiger partial charge in [-0.05, 0) is 73.7 Å². The van der Waals surface area contributed by atoms with E-state index in [1.165, 1.54) is 6.07 Å². The van der Waals surface area contributed by atoms with Crippen molar-refractivity contribution in [1.82, 2.24) is 5.32 Å². The molecule has 0 saturated carbocycles. The number of carbonyl (C=O) groups is 1. The van der Waals surface area contributed by atoms with Crippen LogP contribution in [0.1, 0.15) is 52.0 Å². The van der Waals surface area contributed by atoms with E-state index in [2.05, 4.69) is 10.0 Å². The molecule has 3 aromatic carbocycles. The zero-order valence-corrected chi connectivity index (χ0v) is 19.1. The molecule has 6 heteroatoms. The highest BCUT2D eigenvalue weighted by molar-refractivity contribution is 7.92. The van der Waals surface area contributed by atoms with Gasteiger partial charge in [-0.2, -0.15) is 0 Å². The lowest BCUT2D eigenvalue weighted by Gasteiger charge is -2.18. The van der Waals surface area contributed by atoms with Crippen molar-refractivity contribution in [2.75, 3.05) is 4.72 Å². The van der Waals surface area contributed by atoms with Crippen LogP contribution in [0.4, 0.5) is 5.69 Å². The summed E-state index contributed by atoms with van der Waals surface area (Å²) in [6.45, 7) is 7.62. The topological polar surface area (TPSA) is 75.3 Å². The fourth-order valence-electron chi connectivity index (χ4n) is 3.39. The van der Waals surface area contributed by atoms with Crippen LogP contribution in [0, 0.1) is 20.8 Å². The summed E-state index contributed by atoms with van der Waals surface area (Å²) in [5.41, 5.74) is 4.46. The molecular weight excluding hydrogens is 408 g/mol. The van der Waals surface area contributed by atoms with Crippen molar-refractivity contribution in [3.8, 4) is 0 Å². The molecule has 3 rings (SSSR count). The zero-order valence-electron chi connectivity index (χ0n) is 18.3. The van der Waals surface area contributed by atoms with Crippen LogP contribution in [-0.2, 0) is 10.0 Å². The predicted molar refractivity (Wildman–Crippen MR) is 125 cm³/mol. The average Bonchev–Trinajstić information content (AvgIpc) is 2.75. The minimum atomic E-state index is -3.85. The molecule has 0 radical (unpaired) electrons. The number of hydrogen-bond acceptors (Lipinski definition) is 3. The molecule has 31 heavy (non-hydrogen) atoms. The monoisotopic (exact) mass is 436 g/mol. The molecule has 0 saturated heterocycles. The van der Waals surface area contributed by atoms with Crippen molar-refractivity contribution < 1.29 is 13.2 Å². The number of rotatable bonds is 7. The summed E-state index contributed by atoms with van der Waals surface area (Å²) < 4.78 is 28.7. The normalized spacial score (nSPS) is 12.3. The van der Waals surface area contributed by atoms with Gasteiger partial charge in [-0.3, -0.25) is 9.52 Å². The van der Waals surface area contributed by atoms with Crippen LogP contribution in [0.5, 0.6) is 0 Å². The molecule has 0 fully saturated rings. The Bertz CT molecular complexity index is 1190. The van der Waals surface area contributed by atoms with E-state index in [-0.39, 0.29) is 16.8 Å². The number of hydrogen-bond donors (Lipinski definition) is 2. The summed E-state index contributed by atoms with van der Waals surface area (Å²) in [6.07, 6.45) is 0.723. The third kappa shape index (κ3) is 5.33. The molecule has 5 nitrogen and oxygen atoms in total. The maximum Gasteiger partial charge on any atom is 0.262 e. The molecule has 0 spiro atoms. The van der Waals surface area contributed by atoms with Gasteiger partial charge in [0, 0.05) is 11.3 Å². The molecule has 3 aromatic rings. The van der Waals surface area contributed by atoms with Crippen molar-refractivity contribution in [1.29, 1.82) is 0 Å². The first kappa shape index (κ1) is 22.6. The van der Waals surface area contributed by atoms with Crippen LogP contribution in [0.3, 0.4) is 0 Å².